The molecule has 1 unspecified atom stereocenters. The van der Waals surface area contributed by atoms with Crippen molar-refractivity contribution in [2.24, 2.45) is 5.92 Å². The van der Waals surface area contributed by atoms with Crippen molar-refractivity contribution in [3.05, 3.63) is 11.8 Å². The van der Waals surface area contributed by atoms with E-state index in [2.05, 4.69) is 15.5 Å². The Morgan fingerprint density at radius 2 is 1.84 bits per heavy atom. The molecule has 7 heteroatoms. The molecular weight excluding hydrogens is 250 g/mol. The third-order valence-electron chi connectivity index (χ3n) is 2.51. The first-order valence-electron chi connectivity index (χ1n) is 6.00. The van der Waals surface area contributed by atoms with Crippen molar-refractivity contribution in [3.8, 4) is 0 Å². The summed E-state index contributed by atoms with van der Waals surface area (Å²) in [5, 5.41) is 18.4. The zero-order valence-corrected chi connectivity index (χ0v) is 11.7. The van der Waals surface area contributed by atoms with Gasteiger partial charge >= 0.3 is 6.09 Å². The van der Waals surface area contributed by atoms with Crippen LogP contribution in [0.1, 0.15) is 51.2 Å². The minimum Gasteiger partial charge on any atom is -0.465 e. The molecule has 0 spiro atoms. The van der Waals surface area contributed by atoms with Gasteiger partial charge in [-0.2, -0.15) is 0 Å². The molecule has 1 aromatic heterocycles. The Morgan fingerprint density at radius 1 is 1.26 bits per heavy atom. The van der Waals surface area contributed by atoms with E-state index in [9.17, 15) is 9.59 Å². The summed E-state index contributed by atoms with van der Waals surface area (Å²) in [5.41, 5.74) is -0.362. The van der Waals surface area contributed by atoms with Gasteiger partial charge in [0.2, 0.25) is 11.7 Å². The van der Waals surface area contributed by atoms with Crippen LogP contribution in [0.2, 0.25) is 0 Å². The van der Waals surface area contributed by atoms with Crippen LogP contribution in [0.5, 0.6) is 0 Å². The molecule has 1 aromatic rings. The fourth-order valence-electron chi connectivity index (χ4n) is 1.43. The van der Waals surface area contributed by atoms with Crippen molar-refractivity contribution in [1.82, 2.24) is 15.5 Å². The highest BCUT2D eigenvalue weighted by molar-refractivity contribution is 5.97. The van der Waals surface area contributed by atoms with Gasteiger partial charge in [-0.05, 0) is 5.92 Å². The average Bonchev–Trinajstić information content (AvgIpc) is 2.72. The van der Waals surface area contributed by atoms with E-state index in [0.29, 0.717) is 5.89 Å². The lowest BCUT2D eigenvalue weighted by molar-refractivity contribution is 0.0871. The molecule has 1 rings (SSSR count). The Kier molecular flexibility index (Phi) is 4.28. The predicted molar refractivity (Wildman–Crippen MR) is 67.1 cm³/mol. The molecule has 19 heavy (non-hydrogen) atoms. The average molecular weight is 269 g/mol. The Morgan fingerprint density at radius 3 is 2.21 bits per heavy atom. The lowest BCUT2D eigenvalue weighted by Gasteiger charge is -2.17. The van der Waals surface area contributed by atoms with Crippen LogP contribution in [0, 0.1) is 5.92 Å². The van der Waals surface area contributed by atoms with Gasteiger partial charge in [-0.15, -0.1) is 10.2 Å². The molecule has 0 saturated heterocycles. The Labute approximate surface area is 111 Å². The number of carbonyl (C=O) groups is 2. The third-order valence-corrected chi connectivity index (χ3v) is 2.51. The number of hydrogen-bond acceptors (Lipinski definition) is 5. The van der Waals surface area contributed by atoms with Gasteiger partial charge in [-0.25, -0.2) is 4.79 Å². The molecule has 0 aliphatic heterocycles. The second-order valence-electron chi connectivity index (χ2n) is 5.70. The summed E-state index contributed by atoms with van der Waals surface area (Å²) in [6.07, 6.45) is -1.26. The normalized spacial score (nSPS) is 13.4. The van der Waals surface area contributed by atoms with Crippen molar-refractivity contribution >= 4 is 11.9 Å². The van der Waals surface area contributed by atoms with E-state index in [-0.39, 0.29) is 17.2 Å². The Balaban J connectivity index is 2.97. The molecule has 0 radical (unpaired) electrons. The summed E-state index contributed by atoms with van der Waals surface area (Å²) in [7, 11) is 0. The number of carbonyl (C=O) groups excluding carboxylic acids is 1. The van der Waals surface area contributed by atoms with Crippen molar-refractivity contribution in [2.75, 3.05) is 0 Å². The summed E-state index contributed by atoms with van der Waals surface area (Å²) >= 11 is 0. The van der Waals surface area contributed by atoms with Crippen molar-refractivity contribution in [1.29, 1.82) is 0 Å². The number of rotatable bonds is 4. The van der Waals surface area contributed by atoms with E-state index in [4.69, 9.17) is 9.52 Å². The highest BCUT2D eigenvalue weighted by Gasteiger charge is 2.31. The SMILES string of the molecule is CC(C)C(NC(=O)O)C(=O)c1nnc(C(C)(C)C)o1. The maximum atomic E-state index is 12.1. The number of nitrogens with zero attached hydrogens (tertiary/aromatic N) is 2. The van der Waals surface area contributed by atoms with Crippen molar-refractivity contribution in [3.63, 3.8) is 0 Å². The largest absolute Gasteiger partial charge is 0.465 e. The highest BCUT2D eigenvalue weighted by Crippen LogP contribution is 2.21. The third kappa shape index (κ3) is 3.77. The smallest absolute Gasteiger partial charge is 0.405 e. The van der Waals surface area contributed by atoms with Gasteiger partial charge < -0.3 is 14.8 Å². The number of nitrogens with one attached hydrogen (secondary N) is 1. The first kappa shape index (κ1) is 15.1. The van der Waals surface area contributed by atoms with E-state index >= 15 is 0 Å². The molecule has 1 atom stereocenters. The maximum absolute atomic E-state index is 12.1. The number of amides is 1. The van der Waals surface area contributed by atoms with Crippen molar-refractivity contribution < 1.29 is 19.1 Å². The number of hydrogen-bond donors (Lipinski definition) is 2. The first-order valence-corrected chi connectivity index (χ1v) is 6.00. The van der Waals surface area contributed by atoms with Gasteiger partial charge in [0.15, 0.2) is 0 Å². The molecular formula is C12H19N3O4. The number of aromatic nitrogens is 2. The molecule has 0 aromatic carbocycles. The number of carboxylic acid groups (broad SMARTS) is 1. The second kappa shape index (κ2) is 5.38. The van der Waals surface area contributed by atoms with Gasteiger partial charge in [0.25, 0.3) is 5.89 Å². The molecule has 1 heterocycles. The van der Waals surface area contributed by atoms with Crippen LogP contribution in [-0.2, 0) is 5.41 Å². The predicted octanol–water partition coefficient (Wildman–Crippen LogP) is 1.84. The van der Waals surface area contributed by atoms with Gasteiger partial charge in [-0.3, -0.25) is 4.79 Å². The minimum absolute atomic E-state index is 0.169. The van der Waals surface area contributed by atoms with Crippen LogP contribution in [0.15, 0.2) is 4.42 Å². The minimum atomic E-state index is -1.26. The van der Waals surface area contributed by atoms with Crippen LogP contribution in [-0.4, -0.2) is 33.2 Å². The highest BCUT2D eigenvalue weighted by atomic mass is 16.4. The van der Waals surface area contributed by atoms with Crippen LogP contribution >= 0.6 is 0 Å². The topological polar surface area (TPSA) is 105 Å². The number of Topliss-reactive ketones (excluding diaryl/α,β-unsaturated/α-hetero) is 1. The summed E-state index contributed by atoms with van der Waals surface area (Å²) in [6, 6.07) is -0.897. The van der Waals surface area contributed by atoms with Crippen LogP contribution in [0.25, 0.3) is 0 Å². The van der Waals surface area contributed by atoms with E-state index in [0.717, 1.165) is 0 Å². The van der Waals surface area contributed by atoms with Crippen LogP contribution < -0.4 is 5.32 Å². The van der Waals surface area contributed by atoms with Crippen LogP contribution in [0.4, 0.5) is 4.79 Å². The summed E-state index contributed by atoms with van der Waals surface area (Å²) < 4.78 is 5.32. The first-order chi connectivity index (χ1) is 8.62. The van der Waals surface area contributed by atoms with Crippen molar-refractivity contribution in [2.45, 2.75) is 46.1 Å². The molecule has 106 valence electrons. The monoisotopic (exact) mass is 269 g/mol. The van der Waals surface area contributed by atoms with E-state index in [1.807, 2.05) is 20.8 Å². The maximum Gasteiger partial charge on any atom is 0.405 e. The standard InChI is InChI=1S/C12H19N3O4/c1-6(2)7(13-11(17)18)8(16)9-14-15-10(19-9)12(3,4)5/h6-7,13H,1-5H3,(H,17,18). The molecule has 7 nitrogen and oxygen atoms in total. The molecule has 0 aliphatic rings. The van der Waals surface area contributed by atoms with E-state index in [1.54, 1.807) is 13.8 Å². The van der Waals surface area contributed by atoms with Gasteiger partial charge in [0, 0.05) is 5.41 Å². The quantitative estimate of drug-likeness (QED) is 0.808. The zero-order valence-electron chi connectivity index (χ0n) is 11.7. The summed E-state index contributed by atoms with van der Waals surface area (Å²) in [6.45, 7) is 9.11. The van der Waals surface area contributed by atoms with Gasteiger partial charge in [0.1, 0.15) is 6.04 Å². The van der Waals surface area contributed by atoms with Gasteiger partial charge in [-0.1, -0.05) is 34.6 Å². The fourth-order valence-corrected chi connectivity index (χ4v) is 1.43. The van der Waals surface area contributed by atoms with E-state index in [1.165, 1.54) is 0 Å². The molecule has 0 fully saturated rings. The molecule has 2 N–H and O–H groups in total. The second-order valence-corrected chi connectivity index (χ2v) is 5.70. The molecule has 0 bridgehead atoms. The lowest BCUT2D eigenvalue weighted by atomic mass is 9.97. The Hall–Kier alpha value is -1.92. The van der Waals surface area contributed by atoms with E-state index < -0.39 is 17.9 Å². The Bertz CT molecular complexity index is 474. The molecule has 1 amide bonds. The summed E-state index contributed by atoms with van der Waals surface area (Å²) in [5.74, 6) is -0.556. The fraction of sp³-hybridized carbons (Fsp3) is 0.667. The summed E-state index contributed by atoms with van der Waals surface area (Å²) in [4.78, 5) is 22.8. The van der Waals surface area contributed by atoms with Gasteiger partial charge in [0.05, 0.1) is 0 Å². The lowest BCUT2D eigenvalue weighted by Crippen LogP contribution is -2.43. The molecule has 0 aliphatic carbocycles. The number of ketones is 1. The molecule has 0 saturated carbocycles. The van der Waals surface area contributed by atoms with Crippen LogP contribution in [0.3, 0.4) is 0 Å². The zero-order chi connectivity index (χ0) is 14.8.